The smallest absolute Gasteiger partial charge is 0.329 e. The Morgan fingerprint density at radius 2 is 2.06 bits per heavy atom. The van der Waals surface area contributed by atoms with Gasteiger partial charge in [-0.05, 0) is 5.57 Å². The van der Waals surface area contributed by atoms with Gasteiger partial charge in [-0.15, -0.1) is 0 Å². The van der Waals surface area contributed by atoms with Crippen LogP contribution in [-0.4, -0.2) is 43.7 Å². The standard InChI is InChI=1S/C10H11FN2O5/c11-5-2-13(10(18)12-9(5)17)6-1-4(3-14)7(15)8(6)16/h1-2,6-8,14-16H,3H2,(H,12,17,18). The van der Waals surface area contributed by atoms with E-state index in [0.29, 0.717) is 6.20 Å². The van der Waals surface area contributed by atoms with Crippen molar-refractivity contribution in [3.8, 4) is 0 Å². The summed E-state index contributed by atoms with van der Waals surface area (Å²) in [4.78, 5) is 24.1. The van der Waals surface area contributed by atoms with Crippen molar-refractivity contribution in [2.45, 2.75) is 18.2 Å². The van der Waals surface area contributed by atoms with Crippen LogP contribution in [0.1, 0.15) is 6.04 Å². The molecule has 2 rings (SSSR count). The number of H-pyrrole nitrogens is 1. The Labute approximate surface area is 99.4 Å². The maximum Gasteiger partial charge on any atom is 0.329 e. The maximum atomic E-state index is 13.1. The highest BCUT2D eigenvalue weighted by atomic mass is 19.1. The predicted octanol–water partition coefficient (Wildman–Crippen LogP) is -2.13. The molecule has 3 unspecified atom stereocenters. The molecule has 0 radical (unpaired) electrons. The molecule has 1 aromatic rings. The van der Waals surface area contributed by atoms with Crippen LogP contribution in [-0.2, 0) is 0 Å². The first-order chi connectivity index (χ1) is 8.45. The van der Waals surface area contributed by atoms with Crippen LogP contribution in [0.4, 0.5) is 4.39 Å². The summed E-state index contributed by atoms with van der Waals surface area (Å²) in [6.45, 7) is -0.491. The van der Waals surface area contributed by atoms with E-state index in [2.05, 4.69) is 0 Å². The van der Waals surface area contributed by atoms with Gasteiger partial charge in [0.15, 0.2) is 0 Å². The summed E-state index contributed by atoms with van der Waals surface area (Å²) in [6.07, 6.45) is -0.815. The summed E-state index contributed by atoms with van der Waals surface area (Å²) >= 11 is 0. The molecule has 1 heterocycles. The second kappa shape index (κ2) is 4.48. The molecule has 0 aromatic carbocycles. The van der Waals surface area contributed by atoms with E-state index in [1.54, 1.807) is 4.98 Å². The van der Waals surface area contributed by atoms with Crippen molar-refractivity contribution in [2.24, 2.45) is 0 Å². The fraction of sp³-hybridized carbons (Fsp3) is 0.400. The lowest BCUT2D eigenvalue weighted by atomic mass is 10.1. The van der Waals surface area contributed by atoms with E-state index < -0.39 is 41.9 Å². The van der Waals surface area contributed by atoms with Gasteiger partial charge in [-0.2, -0.15) is 4.39 Å². The molecule has 0 spiro atoms. The van der Waals surface area contributed by atoms with Crippen LogP contribution < -0.4 is 11.2 Å². The fourth-order valence-corrected chi connectivity index (χ4v) is 1.90. The largest absolute Gasteiger partial charge is 0.392 e. The Bertz CT molecular complexity index is 605. The Morgan fingerprint density at radius 1 is 1.39 bits per heavy atom. The van der Waals surface area contributed by atoms with Gasteiger partial charge < -0.3 is 15.3 Å². The van der Waals surface area contributed by atoms with Crippen molar-refractivity contribution in [3.05, 3.63) is 44.5 Å². The summed E-state index contributed by atoms with van der Waals surface area (Å²) in [7, 11) is 0. The highest BCUT2D eigenvalue weighted by Gasteiger charge is 2.36. The van der Waals surface area contributed by atoms with Gasteiger partial charge in [-0.25, -0.2) is 4.79 Å². The van der Waals surface area contributed by atoms with Gasteiger partial charge in [0.25, 0.3) is 5.56 Å². The molecular weight excluding hydrogens is 247 g/mol. The monoisotopic (exact) mass is 258 g/mol. The Balaban J connectivity index is 2.51. The minimum absolute atomic E-state index is 0.131. The molecule has 4 N–H and O–H groups in total. The molecule has 3 atom stereocenters. The van der Waals surface area contributed by atoms with Gasteiger partial charge >= 0.3 is 5.69 Å². The molecule has 7 nitrogen and oxygen atoms in total. The molecule has 0 saturated heterocycles. The third-order valence-corrected chi connectivity index (χ3v) is 2.87. The van der Waals surface area contributed by atoms with Crippen LogP contribution in [0.25, 0.3) is 0 Å². The normalized spacial score (nSPS) is 27.3. The zero-order valence-electron chi connectivity index (χ0n) is 9.08. The summed E-state index contributed by atoms with van der Waals surface area (Å²) < 4.78 is 13.9. The number of aliphatic hydroxyl groups excluding tert-OH is 3. The molecule has 1 aromatic heterocycles. The number of aromatic amines is 1. The molecule has 0 bridgehead atoms. The van der Waals surface area contributed by atoms with E-state index >= 15 is 0 Å². The number of halogens is 1. The molecule has 8 heteroatoms. The third-order valence-electron chi connectivity index (χ3n) is 2.87. The minimum atomic E-state index is -1.39. The molecular formula is C10H11FN2O5. The van der Waals surface area contributed by atoms with Crippen molar-refractivity contribution in [2.75, 3.05) is 6.61 Å². The Morgan fingerprint density at radius 3 is 2.61 bits per heavy atom. The lowest BCUT2D eigenvalue weighted by Gasteiger charge is -2.18. The number of hydrogen-bond donors (Lipinski definition) is 4. The first kappa shape index (κ1) is 12.7. The van der Waals surface area contributed by atoms with Crippen molar-refractivity contribution in [3.63, 3.8) is 0 Å². The highest BCUT2D eigenvalue weighted by molar-refractivity contribution is 5.23. The molecule has 0 fully saturated rings. The first-order valence-corrected chi connectivity index (χ1v) is 5.14. The number of nitrogens with one attached hydrogen (secondary N) is 1. The Hall–Kier alpha value is -1.77. The summed E-state index contributed by atoms with van der Waals surface area (Å²) in [6, 6.07) is -1.04. The third kappa shape index (κ3) is 1.90. The van der Waals surface area contributed by atoms with Gasteiger partial charge in [-0.3, -0.25) is 14.3 Å². The average molecular weight is 258 g/mol. The second-order valence-electron chi connectivity index (χ2n) is 3.97. The van der Waals surface area contributed by atoms with Crippen LogP contribution in [0, 0.1) is 5.82 Å². The van der Waals surface area contributed by atoms with Crippen LogP contribution in [0.2, 0.25) is 0 Å². The van der Waals surface area contributed by atoms with Gasteiger partial charge in [0, 0.05) is 0 Å². The van der Waals surface area contributed by atoms with E-state index in [-0.39, 0.29) is 5.57 Å². The number of hydrogen-bond acceptors (Lipinski definition) is 5. The van der Waals surface area contributed by atoms with Crippen LogP contribution in [0.3, 0.4) is 0 Å². The minimum Gasteiger partial charge on any atom is -0.392 e. The van der Waals surface area contributed by atoms with Crippen molar-refractivity contribution < 1.29 is 19.7 Å². The van der Waals surface area contributed by atoms with Crippen molar-refractivity contribution in [1.29, 1.82) is 0 Å². The second-order valence-corrected chi connectivity index (χ2v) is 3.97. The van der Waals surface area contributed by atoms with Gasteiger partial charge in [-0.1, -0.05) is 6.08 Å². The average Bonchev–Trinajstić information content (AvgIpc) is 2.61. The van der Waals surface area contributed by atoms with Crippen LogP contribution in [0.15, 0.2) is 27.4 Å². The van der Waals surface area contributed by atoms with Gasteiger partial charge in [0.05, 0.1) is 18.8 Å². The van der Waals surface area contributed by atoms with Crippen molar-refractivity contribution in [1.82, 2.24) is 9.55 Å². The molecule has 0 aliphatic heterocycles. The van der Waals surface area contributed by atoms with Crippen molar-refractivity contribution >= 4 is 0 Å². The topological polar surface area (TPSA) is 116 Å². The number of rotatable bonds is 2. The van der Waals surface area contributed by atoms with E-state index in [9.17, 15) is 24.2 Å². The fourth-order valence-electron chi connectivity index (χ4n) is 1.90. The molecule has 18 heavy (non-hydrogen) atoms. The van der Waals surface area contributed by atoms with Crippen LogP contribution >= 0.6 is 0 Å². The number of aliphatic hydroxyl groups is 3. The highest BCUT2D eigenvalue weighted by Crippen LogP contribution is 2.27. The number of aromatic nitrogens is 2. The van der Waals surface area contributed by atoms with Gasteiger partial charge in [0.2, 0.25) is 5.82 Å². The zero-order valence-corrected chi connectivity index (χ0v) is 9.08. The summed E-state index contributed by atoms with van der Waals surface area (Å²) in [5.74, 6) is -1.18. The maximum absolute atomic E-state index is 13.1. The van der Waals surface area contributed by atoms with E-state index in [1.807, 2.05) is 0 Å². The van der Waals surface area contributed by atoms with E-state index in [1.165, 1.54) is 6.08 Å². The lowest BCUT2D eigenvalue weighted by Crippen LogP contribution is -2.38. The molecule has 1 aliphatic carbocycles. The van der Waals surface area contributed by atoms with Gasteiger partial charge in [0.1, 0.15) is 12.2 Å². The van der Waals surface area contributed by atoms with E-state index in [0.717, 1.165) is 4.57 Å². The molecule has 0 amide bonds. The lowest BCUT2D eigenvalue weighted by molar-refractivity contribution is 0.0269. The molecule has 98 valence electrons. The molecule has 1 aliphatic rings. The van der Waals surface area contributed by atoms with E-state index in [4.69, 9.17) is 5.11 Å². The van der Waals surface area contributed by atoms with Crippen LogP contribution in [0.5, 0.6) is 0 Å². The predicted molar refractivity (Wildman–Crippen MR) is 57.5 cm³/mol. The zero-order chi connectivity index (χ0) is 13.4. The number of nitrogens with zero attached hydrogens (tertiary/aromatic N) is 1. The summed E-state index contributed by atoms with van der Waals surface area (Å²) in [5.41, 5.74) is -1.94. The molecule has 0 saturated carbocycles. The quantitative estimate of drug-likeness (QED) is 0.452. The Kier molecular flexibility index (Phi) is 3.16. The first-order valence-electron chi connectivity index (χ1n) is 5.14. The summed E-state index contributed by atoms with van der Waals surface area (Å²) in [5, 5.41) is 28.2. The SMILES string of the molecule is O=c1[nH]c(=O)n(C2C=C(CO)C(O)C2O)cc1F.